The predicted molar refractivity (Wildman–Crippen MR) is 80.9 cm³/mol. The van der Waals surface area contributed by atoms with E-state index >= 15 is 0 Å². The molecule has 1 heterocycles. The number of benzene rings is 1. The normalized spacial score (nSPS) is 20.7. The number of rotatable bonds is 6. The number of hydrogen-bond acceptors (Lipinski definition) is 3. The van der Waals surface area contributed by atoms with Crippen molar-refractivity contribution in [2.75, 3.05) is 32.9 Å². The molecule has 100 valence electrons. The first-order chi connectivity index (χ1) is 8.75. The van der Waals surface area contributed by atoms with Gasteiger partial charge in [0.05, 0.1) is 0 Å². The summed E-state index contributed by atoms with van der Waals surface area (Å²) in [7, 11) is 4.46. The van der Waals surface area contributed by atoms with Crippen LogP contribution in [0.2, 0.25) is 0 Å². The van der Waals surface area contributed by atoms with E-state index in [1.54, 1.807) is 0 Å². The lowest BCUT2D eigenvalue weighted by molar-refractivity contribution is 0.333. The van der Waals surface area contributed by atoms with Gasteiger partial charge < -0.3 is 4.90 Å². The van der Waals surface area contributed by atoms with Crippen LogP contribution in [0.4, 0.5) is 0 Å². The minimum atomic E-state index is 0.786. The first-order valence-corrected chi connectivity index (χ1v) is 7.78. The summed E-state index contributed by atoms with van der Waals surface area (Å²) in [5.41, 5.74) is 1.43. The van der Waals surface area contributed by atoms with Crippen molar-refractivity contribution >= 4 is 11.9 Å². The van der Waals surface area contributed by atoms with E-state index < -0.39 is 0 Å². The number of likely N-dealkylation sites (N-methyl/N-ethyl adjacent to an activating group) is 1. The van der Waals surface area contributed by atoms with Crippen LogP contribution in [-0.2, 0) is 6.42 Å². The van der Waals surface area contributed by atoms with Crippen LogP contribution >= 0.6 is 11.9 Å². The van der Waals surface area contributed by atoms with Crippen LogP contribution in [-0.4, -0.2) is 48.2 Å². The molecule has 0 aliphatic carbocycles. The third kappa shape index (κ3) is 4.30. The second-order valence-electron chi connectivity index (χ2n) is 5.16. The maximum Gasteiger partial charge on any atom is 0.0237 e. The standard InChI is InChI=1S/C15H24N2S/c1-16-11-6-9-15(16)13-18-17(2)12-10-14-7-4-3-5-8-14/h3-5,7-8,15H,6,9-13H2,1-2H3. The van der Waals surface area contributed by atoms with Crippen molar-refractivity contribution < 1.29 is 0 Å². The van der Waals surface area contributed by atoms with Gasteiger partial charge in [0.15, 0.2) is 0 Å². The van der Waals surface area contributed by atoms with E-state index in [0.29, 0.717) is 0 Å². The van der Waals surface area contributed by atoms with Crippen LogP contribution in [0.5, 0.6) is 0 Å². The molecule has 0 N–H and O–H groups in total. The van der Waals surface area contributed by atoms with Crippen molar-refractivity contribution in [3.8, 4) is 0 Å². The van der Waals surface area contributed by atoms with Crippen molar-refractivity contribution in [3.63, 3.8) is 0 Å². The second kappa shape index (κ2) is 7.17. The third-order valence-corrected chi connectivity index (χ3v) is 4.87. The summed E-state index contributed by atoms with van der Waals surface area (Å²) in [4.78, 5) is 2.50. The van der Waals surface area contributed by atoms with Gasteiger partial charge in [-0.25, -0.2) is 0 Å². The fourth-order valence-electron chi connectivity index (χ4n) is 2.40. The van der Waals surface area contributed by atoms with E-state index in [4.69, 9.17) is 0 Å². The molecular formula is C15H24N2S. The van der Waals surface area contributed by atoms with Crippen molar-refractivity contribution in [3.05, 3.63) is 35.9 Å². The van der Waals surface area contributed by atoms with Crippen LogP contribution in [0.1, 0.15) is 18.4 Å². The minimum Gasteiger partial charge on any atom is -0.303 e. The maximum absolute atomic E-state index is 2.50. The van der Waals surface area contributed by atoms with Gasteiger partial charge in [0.1, 0.15) is 0 Å². The molecule has 1 atom stereocenters. The van der Waals surface area contributed by atoms with Gasteiger partial charge in [-0.15, -0.1) is 0 Å². The predicted octanol–water partition coefficient (Wildman–Crippen LogP) is 2.90. The summed E-state index contributed by atoms with van der Waals surface area (Å²) in [6.45, 7) is 2.41. The number of likely N-dealkylation sites (tertiary alicyclic amines) is 1. The number of hydrogen-bond donors (Lipinski definition) is 0. The van der Waals surface area contributed by atoms with Gasteiger partial charge in [0.25, 0.3) is 0 Å². The fraction of sp³-hybridized carbons (Fsp3) is 0.600. The number of nitrogens with zero attached hydrogens (tertiary/aromatic N) is 2. The lowest BCUT2D eigenvalue weighted by Gasteiger charge is -2.22. The zero-order valence-corrected chi connectivity index (χ0v) is 12.3. The van der Waals surface area contributed by atoms with Gasteiger partial charge in [-0.1, -0.05) is 42.3 Å². The highest BCUT2D eigenvalue weighted by Gasteiger charge is 2.20. The Labute approximate surface area is 115 Å². The summed E-state index contributed by atoms with van der Waals surface area (Å²) in [5.74, 6) is 1.24. The maximum atomic E-state index is 2.50. The van der Waals surface area contributed by atoms with Crippen molar-refractivity contribution in [1.82, 2.24) is 9.21 Å². The van der Waals surface area contributed by atoms with Crippen molar-refractivity contribution in [2.45, 2.75) is 25.3 Å². The van der Waals surface area contributed by atoms with Gasteiger partial charge >= 0.3 is 0 Å². The first kappa shape index (κ1) is 13.9. The molecule has 1 aliphatic rings. The first-order valence-electron chi connectivity index (χ1n) is 6.84. The molecule has 1 aromatic rings. The Morgan fingerprint density at radius 1 is 1.33 bits per heavy atom. The fourth-order valence-corrected chi connectivity index (χ4v) is 3.47. The molecule has 0 bridgehead atoms. The van der Waals surface area contributed by atoms with Gasteiger partial charge in [-0.2, -0.15) is 0 Å². The highest BCUT2D eigenvalue weighted by molar-refractivity contribution is 7.97. The Morgan fingerprint density at radius 3 is 2.78 bits per heavy atom. The van der Waals surface area contributed by atoms with Gasteiger partial charge in [0.2, 0.25) is 0 Å². The van der Waals surface area contributed by atoms with Gasteiger partial charge in [0, 0.05) is 18.3 Å². The zero-order valence-electron chi connectivity index (χ0n) is 11.5. The molecule has 0 saturated carbocycles. The Morgan fingerprint density at radius 2 is 2.11 bits per heavy atom. The van der Waals surface area contributed by atoms with E-state index in [2.05, 4.69) is 53.6 Å². The summed E-state index contributed by atoms with van der Waals surface area (Å²) in [6.07, 6.45) is 3.89. The summed E-state index contributed by atoms with van der Waals surface area (Å²) >= 11 is 1.99. The molecule has 1 saturated heterocycles. The smallest absolute Gasteiger partial charge is 0.0237 e. The second-order valence-corrected chi connectivity index (χ2v) is 6.37. The largest absolute Gasteiger partial charge is 0.303 e. The summed E-state index contributed by atoms with van der Waals surface area (Å²) < 4.78 is 2.39. The molecule has 0 amide bonds. The van der Waals surface area contributed by atoms with Crippen molar-refractivity contribution in [1.29, 1.82) is 0 Å². The van der Waals surface area contributed by atoms with Crippen LogP contribution in [0.25, 0.3) is 0 Å². The molecular weight excluding hydrogens is 240 g/mol. The summed E-state index contributed by atoms with van der Waals surface area (Å²) in [5, 5.41) is 0. The van der Waals surface area contributed by atoms with Crippen LogP contribution in [0.15, 0.2) is 30.3 Å². The molecule has 2 rings (SSSR count). The quantitative estimate of drug-likeness (QED) is 0.730. The molecule has 1 unspecified atom stereocenters. The van der Waals surface area contributed by atoms with Crippen LogP contribution in [0.3, 0.4) is 0 Å². The average molecular weight is 264 g/mol. The molecule has 0 radical (unpaired) electrons. The lowest BCUT2D eigenvalue weighted by Crippen LogP contribution is -2.28. The molecule has 1 aromatic carbocycles. The Bertz CT molecular complexity index is 342. The summed E-state index contributed by atoms with van der Waals surface area (Å²) in [6, 6.07) is 11.5. The highest BCUT2D eigenvalue weighted by atomic mass is 32.2. The minimum absolute atomic E-state index is 0.786. The molecule has 1 fully saturated rings. The molecule has 0 aromatic heterocycles. The Kier molecular flexibility index (Phi) is 5.54. The molecule has 3 heteroatoms. The van der Waals surface area contributed by atoms with E-state index in [-0.39, 0.29) is 0 Å². The molecule has 2 nitrogen and oxygen atoms in total. The SMILES string of the molecule is CN(CCc1ccccc1)SCC1CCCN1C. The molecule has 18 heavy (non-hydrogen) atoms. The van der Waals surface area contributed by atoms with E-state index in [0.717, 1.165) is 19.0 Å². The topological polar surface area (TPSA) is 6.48 Å². The lowest BCUT2D eigenvalue weighted by atomic mass is 10.2. The van der Waals surface area contributed by atoms with E-state index in [9.17, 15) is 0 Å². The van der Waals surface area contributed by atoms with E-state index in [1.165, 1.54) is 30.7 Å². The zero-order chi connectivity index (χ0) is 12.8. The average Bonchev–Trinajstić information content (AvgIpc) is 2.81. The Balaban J connectivity index is 1.64. The van der Waals surface area contributed by atoms with Gasteiger partial charge in [-0.3, -0.25) is 4.31 Å². The van der Waals surface area contributed by atoms with Gasteiger partial charge in [-0.05, 0) is 45.5 Å². The molecule has 0 spiro atoms. The van der Waals surface area contributed by atoms with E-state index in [1.807, 2.05) is 11.9 Å². The Hall–Kier alpha value is -0.510. The van der Waals surface area contributed by atoms with Crippen molar-refractivity contribution in [2.24, 2.45) is 0 Å². The monoisotopic (exact) mass is 264 g/mol. The molecule has 1 aliphatic heterocycles. The third-order valence-electron chi connectivity index (χ3n) is 3.72. The van der Waals surface area contributed by atoms with Crippen LogP contribution < -0.4 is 0 Å². The van der Waals surface area contributed by atoms with Crippen LogP contribution in [0, 0.1) is 0 Å². The highest BCUT2D eigenvalue weighted by Crippen LogP contribution is 2.20.